The number of carbonyl (C=O) groups is 3. The lowest BCUT2D eigenvalue weighted by Gasteiger charge is -2.07. The molecule has 190 valence electrons. The van der Waals surface area contributed by atoms with E-state index in [1.54, 1.807) is 72.8 Å². The Morgan fingerprint density at radius 3 is 2.53 bits per heavy atom. The van der Waals surface area contributed by atoms with Crippen LogP contribution in [0.2, 0.25) is 5.02 Å². The largest absolute Gasteiger partial charge is 0.459 e. The van der Waals surface area contributed by atoms with Crippen molar-refractivity contribution in [1.29, 1.82) is 0 Å². The average molecular weight is 593 g/mol. The first-order chi connectivity index (χ1) is 18.4. The number of ether oxygens (including phenoxy) is 1. The molecule has 0 saturated carbocycles. The molecule has 10 heteroatoms. The number of halogens is 2. The normalized spacial score (nSPS) is 11.0. The minimum atomic E-state index is -0.589. The number of hydrogen-bond acceptors (Lipinski definition) is 6. The summed E-state index contributed by atoms with van der Waals surface area (Å²) >= 11 is 9.25. The third kappa shape index (κ3) is 7.52. The maximum absolute atomic E-state index is 12.6. The fourth-order valence-corrected chi connectivity index (χ4v) is 3.66. The predicted octanol–water partition coefficient (Wildman–Crippen LogP) is 6.33. The third-order valence-corrected chi connectivity index (χ3v) is 5.71. The lowest BCUT2D eigenvalue weighted by molar-refractivity contribution is -0.128. The van der Waals surface area contributed by atoms with Crippen LogP contribution in [-0.2, 0) is 4.79 Å². The molecule has 0 spiro atoms. The lowest BCUT2D eigenvalue weighted by atomic mass is 10.2. The quantitative estimate of drug-likeness (QED) is 0.0817. The van der Waals surface area contributed by atoms with E-state index in [1.807, 2.05) is 0 Å². The van der Waals surface area contributed by atoms with Crippen molar-refractivity contribution in [1.82, 2.24) is 5.43 Å². The zero-order chi connectivity index (χ0) is 26.9. The van der Waals surface area contributed by atoms with E-state index in [0.29, 0.717) is 16.3 Å². The molecule has 8 nitrogen and oxygen atoms in total. The van der Waals surface area contributed by atoms with Crippen LogP contribution in [0, 0.1) is 0 Å². The molecule has 1 aromatic heterocycles. The Morgan fingerprint density at radius 2 is 1.76 bits per heavy atom. The van der Waals surface area contributed by atoms with Crippen LogP contribution in [0.3, 0.4) is 0 Å². The number of nitrogens with one attached hydrogen (secondary N) is 2. The van der Waals surface area contributed by atoms with Gasteiger partial charge in [0.25, 0.3) is 11.8 Å². The summed E-state index contributed by atoms with van der Waals surface area (Å²) in [6.07, 6.45) is 5.66. The zero-order valence-corrected chi connectivity index (χ0v) is 21.9. The lowest BCUT2D eigenvalue weighted by Crippen LogP contribution is -2.18. The van der Waals surface area contributed by atoms with Crippen LogP contribution in [0.5, 0.6) is 5.75 Å². The summed E-state index contributed by atoms with van der Waals surface area (Å²) in [4.78, 5) is 37.1. The molecular formula is C28H19BrClN3O5. The fourth-order valence-electron chi connectivity index (χ4n) is 3.16. The van der Waals surface area contributed by atoms with Crippen molar-refractivity contribution in [2.24, 2.45) is 5.10 Å². The second kappa shape index (κ2) is 12.7. The van der Waals surface area contributed by atoms with E-state index in [9.17, 15) is 14.4 Å². The second-order valence-corrected chi connectivity index (χ2v) is 9.05. The van der Waals surface area contributed by atoms with E-state index in [4.69, 9.17) is 20.8 Å². The maximum Gasteiger partial charge on any atom is 0.336 e. The minimum Gasteiger partial charge on any atom is -0.459 e. The molecule has 38 heavy (non-hydrogen) atoms. The monoisotopic (exact) mass is 591 g/mol. The Labute approximate surface area is 231 Å². The average Bonchev–Trinajstić information content (AvgIpc) is 3.45. The molecule has 0 atom stereocenters. The van der Waals surface area contributed by atoms with E-state index >= 15 is 0 Å². The molecule has 2 amide bonds. The summed E-state index contributed by atoms with van der Waals surface area (Å²) < 4.78 is 11.2. The molecular weight excluding hydrogens is 574 g/mol. The molecule has 3 aromatic carbocycles. The molecule has 0 saturated heterocycles. The third-order valence-electron chi connectivity index (χ3n) is 4.96. The van der Waals surface area contributed by atoms with Crippen molar-refractivity contribution in [3.63, 3.8) is 0 Å². The zero-order valence-electron chi connectivity index (χ0n) is 19.6. The summed E-state index contributed by atoms with van der Waals surface area (Å²) in [6, 6.07) is 21.5. The maximum atomic E-state index is 12.6. The van der Waals surface area contributed by atoms with Gasteiger partial charge < -0.3 is 14.5 Å². The van der Waals surface area contributed by atoms with Crippen molar-refractivity contribution in [3.8, 4) is 5.75 Å². The van der Waals surface area contributed by atoms with Gasteiger partial charge in [0, 0.05) is 32.4 Å². The van der Waals surface area contributed by atoms with Crippen LogP contribution in [0.25, 0.3) is 6.08 Å². The van der Waals surface area contributed by atoms with Crippen molar-refractivity contribution in [3.05, 3.63) is 123 Å². The molecule has 0 aliphatic carbocycles. The van der Waals surface area contributed by atoms with Crippen LogP contribution in [0.15, 0.2) is 105 Å². The fraction of sp³-hybridized carbons (Fsp3) is 0. The Morgan fingerprint density at radius 1 is 0.947 bits per heavy atom. The number of furan rings is 1. The topological polar surface area (TPSA) is 110 Å². The van der Waals surface area contributed by atoms with Gasteiger partial charge in [-0.05, 0) is 72.3 Å². The molecule has 0 aliphatic rings. The number of amides is 2. The number of esters is 1. The smallest absolute Gasteiger partial charge is 0.336 e. The van der Waals surface area contributed by atoms with E-state index < -0.39 is 17.8 Å². The van der Waals surface area contributed by atoms with E-state index in [1.165, 1.54) is 30.7 Å². The summed E-state index contributed by atoms with van der Waals surface area (Å²) in [6.45, 7) is 0. The highest BCUT2D eigenvalue weighted by Crippen LogP contribution is 2.22. The molecule has 1 heterocycles. The summed E-state index contributed by atoms with van der Waals surface area (Å²) in [5.74, 6) is -1.13. The first-order valence-corrected chi connectivity index (χ1v) is 12.3. The van der Waals surface area contributed by atoms with Gasteiger partial charge in [-0.25, -0.2) is 10.2 Å². The molecule has 4 rings (SSSR count). The van der Waals surface area contributed by atoms with Gasteiger partial charge in [0.2, 0.25) is 0 Å². The van der Waals surface area contributed by atoms with Gasteiger partial charge in [0.1, 0.15) is 5.75 Å². The highest BCUT2D eigenvalue weighted by atomic mass is 79.9. The number of benzene rings is 3. The number of carbonyl (C=O) groups excluding carboxylic acids is 3. The first-order valence-electron chi connectivity index (χ1n) is 11.1. The molecule has 2 N–H and O–H groups in total. The Kier molecular flexibility index (Phi) is 8.86. The van der Waals surface area contributed by atoms with Crippen LogP contribution in [0.4, 0.5) is 5.69 Å². The van der Waals surface area contributed by atoms with Crippen LogP contribution in [-0.4, -0.2) is 24.0 Å². The Hall–Kier alpha value is -4.47. The van der Waals surface area contributed by atoms with Crippen LogP contribution < -0.4 is 15.5 Å². The highest BCUT2D eigenvalue weighted by Gasteiger charge is 2.11. The number of rotatable bonds is 8. The van der Waals surface area contributed by atoms with Crippen LogP contribution in [0.1, 0.15) is 32.0 Å². The van der Waals surface area contributed by atoms with Crippen molar-refractivity contribution >= 4 is 63.3 Å². The molecule has 4 aromatic rings. The van der Waals surface area contributed by atoms with Gasteiger partial charge in [-0.2, -0.15) is 5.10 Å². The number of hydrazone groups is 1. The van der Waals surface area contributed by atoms with E-state index in [0.717, 1.165) is 10.0 Å². The van der Waals surface area contributed by atoms with Gasteiger partial charge in [0.15, 0.2) is 5.76 Å². The number of hydrogen-bond donors (Lipinski definition) is 2. The Balaban J connectivity index is 1.39. The Bertz CT molecular complexity index is 1520. The first kappa shape index (κ1) is 26.6. The van der Waals surface area contributed by atoms with Gasteiger partial charge >= 0.3 is 5.97 Å². The minimum absolute atomic E-state index is 0.149. The SMILES string of the molecule is O=C(/C=C/c1ccc(Cl)cc1)Oc1ccc(Br)cc1C=NNC(=O)c1cccc(NC(=O)c2ccco2)c1. The second-order valence-electron chi connectivity index (χ2n) is 7.70. The molecule has 0 bridgehead atoms. The molecule has 0 unspecified atom stereocenters. The van der Waals surface area contributed by atoms with Crippen molar-refractivity contribution in [2.45, 2.75) is 0 Å². The summed E-state index contributed by atoms with van der Waals surface area (Å²) in [7, 11) is 0. The number of nitrogens with zero attached hydrogens (tertiary/aromatic N) is 1. The molecule has 0 aliphatic heterocycles. The van der Waals surface area contributed by atoms with Gasteiger partial charge in [0.05, 0.1) is 12.5 Å². The predicted molar refractivity (Wildman–Crippen MR) is 148 cm³/mol. The summed E-state index contributed by atoms with van der Waals surface area (Å²) in [5, 5.41) is 7.25. The summed E-state index contributed by atoms with van der Waals surface area (Å²) in [5.41, 5.74) is 4.35. The van der Waals surface area contributed by atoms with Crippen molar-refractivity contribution < 1.29 is 23.5 Å². The van der Waals surface area contributed by atoms with Gasteiger partial charge in [-0.3, -0.25) is 9.59 Å². The number of anilines is 1. The van der Waals surface area contributed by atoms with Gasteiger partial charge in [-0.15, -0.1) is 0 Å². The van der Waals surface area contributed by atoms with E-state index in [2.05, 4.69) is 31.8 Å². The highest BCUT2D eigenvalue weighted by molar-refractivity contribution is 9.10. The van der Waals surface area contributed by atoms with E-state index in [-0.39, 0.29) is 17.1 Å². The molecule has 0 fully saturated rings. The molecule has 0 radical (unpaired) electrons. The van der Waals surface area contributed by atoms with Gasteiger partial charge in [-0.1, -0.05) is 45.7 Å². The van der Waals surface area contributed by atoms with Crippen molar-refractivity contribution in [2.75, 3.05) is 5.32 Å². The standard InChI is InChI=1S/C28H19BrClN3O5/c29-21-9-12-24(38-26(34)13-8-18-6-10-22(30)11-7-18)20(15-21)17-31-33-27(35)19-3-1-4-23(16-19)32-28(36)25-5-2-14-37-25/h1-17H,(H,32,36)(H,33,35)/b13-8+,31-17?. The van der Waals surface area contributed by atoms with Crippen LogP contribution >= 0.6 is 27.5 Å².